The molecule has 0 heterocycles. The van der Waals surface area contributed by atoms with Crippen LogP contribution in [0.15, 0.2) is 0 Å². The molecule has 1 unspecified atom stereocenters. The Labute approximate surface area is 101 Å². The van der Waals surface area contributed by atoms with Crippen LogP contribution in [-0.2, 0) is 23.9 Å². The van der Waals surface area contributed by atoms with Gasteiger partial charge in [0.2, 0.25) is 6.41 Å². The first-order valence-electron chi connectivity index (χ1n) is 5.29. The predicted octanol–water partition coefficient (Wildman–Crippen LogP) is 0.396. The maximum Gasteiger partial charge on any atom is 0.329 e. The van der Waals surface area contributed by atoms with Crippen molar-refractivity contribution in [3.8, 4) is 0 Å². The predicted molar refractivity (Wildman–Crippen MR) is 60.1 cm³/mol. The minimum atomic E-state index is -0.828. The van der Waals surface area contributed by atoms with Crippen molar-refractivity contribution in [2.45, 2.75) is 45.3 Å². The number of rotatable bonds is 6. The number of hydrogen-bond acceptors (Lipinski definition) is 5. The molecule has 0 rings (SSSR count). The molecule has 6 heteroatoms. The lowest BCUT2D eigenvalue weighted by atomic mass is 10.1. The quantitative estimate of drug-likeness (QED) is 0.541. The van der Waals surface area contributed by atoms with E-state index in [0.29, 0.717) is 6.41 Å². The van der Waals surface area contributed by atoms with Gasteiger partial charge in [-0.2, -0.15) is 0 Å². The number of methoxy groups -OCH3 is 1. The third-order valence-corrected chi connectivity index (χ3v) is 1.83. The summed E-state index contributed by atoms with van der Waals surface area (Å²) < 4.78 is 9.56. The van der Waals surface area contributed by atoms with E-state index >= 15 is 0 Å². The van der Waals surface area contributed by atoms with Crippen LogP contribution in [0.5, 0.6) is 0 Å². The fourth-order valence-corrected chi connectivity index (χ4v) is 1.09. The molecule has 0 bridgehead atoms. The van der Waals surface area contributed by atoms with Crippen LogP contribution in [0.2, 0.25) is 0 Å². The van der Waals surface area contributed by atoms with Gasteiger partial charge in [-0.3, -0.25) is 9.59 Å². The number of ether oxygens (including phenoxy) is 2. The molecule has 0 saturated carbocycles. The first-order valence-corrected chi connectivity index (χ1v) is 5.29. The SMILES string of the molecule is COC(=O)CCC(NC=O)C(=O)OC(C)(C)C. The summed E-state index contributed by atoms with van der Waals surface area (Å²) in [5.74, 6) is -1.00. The second kappa shape index (κ2) is 6.88. The first-order chi connectivity index (χ1) is 7.80. The molecule has 17 heavy (non-hydrogen) atoms. The van der Waals surface area contributed by atoms with Gasteiger partial charge >= 0.3 is 11.9 Å². The van der Waals surface area contributed by atoms with E-state index < -0.39 is 23.6 Å². The highest BCUT2D eigenvalue weighted by molar-refractivity contribution is 5.79. The topological polar surface area (TPSA) is 81.7 Å². The Bertz CT molecular complexity index is 282. The van der Waals surface area contributed by atoms with Crippen LogP contribution in [0, 0.1) is 0 Å². The number of hydrogen-bond donors (Lipinski definition) is 1. The van der Waals surface area contributed by atoms with E-state index in [1.807, 2.05) is 0 Å². The van der Waals surface area contributed by atoms with Crippen LogP contribution in [0.4, 0.5) is 0 Å². The zero-order valence-electron chi connectivity index (χ0n) is 10.6. The minimum Gasteiger partial charge on any atom is -0.469 e. The van der Waals surface area contributed by atoms with Crippen LogP contribution in [-0.4, -0.2) is 37.1 Å². The number of nitrogens with one attached hydrogen (secondary N) is 1. The van der Waals surface area contributed by atoms with E-state index in [9.17, 15) is 14.4 Å². The largest absolute Gasteiger partial charge is 0.469 e. The highest BCUT2D eigenvalue weighted by atomic mass is 16.6. The lowest BCUT2D eigenvalue weighted by molar-refractivity contribution is -0.158. The van der Waals surface area contributed by atoms with Crippen molar-refractivity contribution < 1.29 is 23.9 Å². The second-order valence-electron chi connectivity index (χ2n) is 4.49. The Kier molecular flexibility index (Phi) is 6.23. The van der Waals surface area contributed by atoms with E-state index in [2.05, 4.69) is 10.1 Å². The molecule has 1 atom stereocenters. The van der Waals surface area contributed by atoms with Crippen LogP contribution >= 0.6 is 0 Å². The molecule has 0 radical (unpaired) electrons. The molecular formula is C11H19NO5. The third-order valence-electron chi connectivity index (χ3n) is 1.83. The highest BCUT2D eigenvalue weighted by Crippen LogP contribution is 2.10. The van der Waals surface area contributed by atoms with Crippen molar-refractivity contribution in [2.24, 2.45) is 0 Å². The summed E-state index contributed by atoms with van der Waals surface area (Å²) in [5.41, 5.74) is -0.634. The van der Waals surface area contributed by atoms with E-state index in [4.69, 9.17) is 4.74 Å². The van der Waals surface area contributed by atoms with Gasteiger partial charge in [0.25, 0.3) is 0 Å². The number of esters is 2. The molecule has 0 aliphatic carbocycles. The summed E-state index contributed by atoms with van der Waals surface area (Å²) in [6.45, 7) is 5.18. The zero-order valence-corrected chi connectivity index (χ0v) is 10.6. The van der Waals surface area contributed by atoms with E-state index in [1.54, 1.807) is 20.8 Å². The molecule has 0 saturated heterocycles. The Morgan fingerprint density at radius 3 is 2.35 bits per heavy atom. The van der Waals surface area contributed by atoms with Crippen molar-refractivity contribution >= 4 is 18.3 Å². The fourth-order valence-electron chi connectivity index (χ4n) is 1.09. The summed E-state index contributed by atoms with van der Waals surface area (Å²) in [6.07, 6.45) is 0.605. The Morgan fingerprint density at radius 2 is 1.94 bits per heavy atom. The minimum absolute atomic E-state index is 0.0429. The maximum absolute atomic E-state index is 11.7. The average molecular weight is 245 g/mol. The van der Waals surface area contributed by atoms with Gasteiger partial charge in [0, 0.05) is 6.42 Å². The van der Waals surface area contributed by atoms with Crippen LogP contribution in [0.1, 0.15) is 33.6 Å². The van der Waals surface area contributed by atoms with Crippen LogP contribution in [0.3, 0.4) is 0 Å². The molecule has 1 amide bonds. The second-order valence-corrected chi connectivity index (χ2v) is 4.49. The highest BCUT2D eigenvalue weighted by Gasteiger charge is 2.25. The molecular weight excluding hydrogens is 226 g/mol. The van der Waals surface area contributed by atoms with Crippen molar-refractivity contribution in [3.05, 3.63) is 0 Å². The van der Waals surface area contributed by atoms with Gasteiger partial charge in [0.05, 0.1) is 7.11 Å². The Hall–Kier alpha value is -1.59. The van der Waals surface area contributed by atoms with Gasteiger partial charge in [-0.1, -0.05) is 0 Å². The van der Waals surface area contributed by atoms with Gasteiger partial charge in [-0.25, -0.2) is 4.79 Å². The maximum atomic E-state index is 11.7. The smallest absolute Gasteiger partial charge is 0.329 e. The molecule has 0 aromatic carbocycles. The van der Waals surface area contributed by atoms with Crippen molar-refractivity contribution in [1.29, 1.82) is 0 Å². The lowest BCUT2D eigenvalue weighted by Gasteiger charge is -2.23. The monoisotopic (exact) mass is 245 g/mol. The molecule has 98 valence electrons. The first kappa shape index (κ1) is 15.4. The molecule has 0 aromatic heterocycles. The summed E-state index contributed by atoms with van der Waals surface area (Å²) in [4.78, 5) is 33.0. The molecule has 0 spiro atoms. The van der Waals surface area contributed by atoms with Crippen LogP contribution < -0.4 is 5.32 Å². The van der Waals surface area contributed by atoms with Gasteiger partial charge in [-0.15, -0.1) is 0 Å². The van der Waals surface area contributed by atoms with E-state index in [1.165, 1.54) is 7.11 Å². The zero-order chi connectivity index (χ0) is 13.5. The van der Waals surface area contributed by atoms with Gasteiger partial charge < -0.3 is 14.8 Å². The summed E-state index contributed by atoms with van der Waals surface area (Å²) >= 11 is 0. The van der Waals surface area contributed by atoms with E-state index in [0.717, 1.165) is 0 Å². The molecule has 6 nitrogen and oxygen atoms in total. The number of carbonyl (C=O) groups excluding carboxylic acids is 3. The standard InChI is InChI=1S/C11H19NO5/c1-11(2,3)17-10(15)8(12-7-13)5-6-9(14)16-4/h7-8H,5-6H2,1-4H3,(H,12,13). The van der Waals surface area contributed by atoms with Gasteiger partial charge in [-0.05, 0) is 27.2 Å². The summed E-state index contributed by atoms with van der Waals surface area (Å²) in [6, 6.07) is -0.828. The average Bonchev–Trinajstić information content (AvgIpc) is 2.20. The fraction of sp³-hybridized carbons (Fsp3) is 0.727. The summed E-state index contributed by atoms with van der Waals surface area (Å²) in [5, 5.41) is 2.32. The van der Waals surface area contributed by atoms with Gasteiger partial charge in [0.15, 0.2) is 0 Å². The molecule has 0 aliphatic rings. The normalized spacial score (nSPS) is 12.5. The van der Waals surface area contributed by atoms with Crippen molar-refractivity contribution in [2.75, 3.05) is 7.11 Å². The summed E-state index contributed by atoms with van der Waals surface area (Å²) in [7, 11) is 1.26. The Morgan fingerprint density at radius 1 is 1.35 bits per heavy atom. The molecule has 0 aromatic rings. The third kappa shape index (κ3) is 7.32. The lowest BCUT2D eigenvalue weighted by Crippen LogP contribution is -2.41. The van der Waals surface area contributed by atoms with Crippen molar-refractivity contribution in [3.63, 3.8) is 0 Å². The Balaban J connectivity index is 4.35. The van der Waals surface area contributed by atoms with Crippen molar-refractivity contribution in [1.82, 2.24) is 5.32 Å². The van der Waals surface area contributed by atoms with Gasteiger partial charge in [0.1, 0.15) is 11.6 Å². The number of amides is 1. The van der Waals surface area contributed by atoms with E-state index in [-0.39, 0.29) is 12.8 Å². The number of carbonyl (C=O) groups is 3. The molecule has 0 aliphatic heterocycles. The molecule has 1 N–H and O–H groups in total. The molecule has 0 fully saturated rings. The van der Waals surface area contributed by atoms with Crippen LogP contribution in [0.25, 0.3) is 0 Å².